The summed E-state index contributed by atoms with van der Waals surface area (Å²) in [6, 6.07) is 10.4. The third-order valence-corrected chi connectivity index (χ3v) is 5.32. The van der Waals surface area contributed by atoms with E-state index in [0.29, 0.717) is 5.56 Å². The van der Waals surface area contributed by atoms with Crippen LogP contribution < -0.4 is 26.3 Å². The van der Waals surface area contributed by atoms with Crippen LogP contribution in [0.25, 0.3) is 0 Å². The Bertz CT molecular complexity index is 1240. The lowest BCUT2D eigenvalue weighted by atomic mass is 9.91. The molecule has 1 unspecified atom stereocenters. The highest BCUT2D eigenvalue weighted by Crippen LogP contribution is 2.21. The molecular weight excluding hydrogens is 484 g/mol. The summed E-state index contributed by atoms with van der Waals surface area (Å²) in [6.45, 7) is 0.865. The lowest BCUT2D eigenvalue weighted by Gasteiger charge is -2.36. The van der Waals surface area contributed by atoms with Crippen molar-refractivity contribution in [1.29, 1.82) is 0 Å². The highest BCUT2D eigenvalue weighted by atomic mass is 19.3. The number of carbonyl (C=O) groups excluding carboxylic acids is 3. The van der Waals surface area contributed by atoms with Gasteiger partial charge in [-0.25, -0.2) is 19.1 Å². The molecular formula is C26H27F2N5O4. The molecule has 2 atom stereocenters. The van der Waals surface area contributed by atoms with Crippen molar-refractivity contribution in [3.63, 3.8) is 0 Å². The van der Waals surface area contributed by atoms with E-state index in [1.165, 1.54) is 36.8 Å². The fraction of sp³-hybridized carbons (Fsp3) is 0.269. The van der Waals surface area contributed by atoms with Crippen LogP contribution in [-0.4, -0.2) is 62.2 Å². The van der Waals surface area contributed by atoms with Crippen LogP contribution in [0.3, 0.4) is 0 Å². The third-order valence-electron chi connectivity index (χ3n) is 5.32. The number of carbonyl (C=O) groups is 3. The van der Waals surface area contributed by atoms with Gasteiger partial charge in [0.05, 0.1) is 0 Å². The Labute approximate surface area is 213 Å². The van der Waals surface area contributed by atoms with Gasteiger partial charge in [-0.3, -0.25) is 14.8 Å². The quantitative estimate of drug-likeness (QED) is 0.220. The number of rotatable bonds is 7. The van der Waals surface area contributed by atoms with E-state index in [1.807, 2.05) is 48.6 Å². The monoisotopic (exact) mass is 511 g/mol. The third kappa shape index (κ3) is 7.69. The second-order valence-electron chi connectivity index (χ2n) is 8.19. The number of benzene rings is 2. The van der Waals surface area contributed by atoms with Gasteiger partial charge in [-0.2, -0.15) is 0 Å². The lowest BCUT2D eigenvalue weighted by molar-refractivity contribution is -0.135. The fourth-order valence-corrected chi connectivity index (χ4v) is 3.08. The minimum atomic E-state index is -3.28. The van der Waals surface area contributed by atoms with Crippen LogP contribution in [0.15, 0.2) is 48.5 Å². The summed E-state index contributed by atoms with van der Waals surface area (Å²) in [4.78, 5) is 38.5. The van der Waals surface area contributed by atoms with Crippen LogP contribution in [0.4, 0.5) is 19.3 Å². The number of nitrogens with one attached hydrogen (secondary N) is 4. The second-order valence-corrected chi connectivity index (χ2v) is 8.19. The predicted molar refractivity (Wildman–Crippen MR) is 134 cm³/mol. The molecule has 0 aliphatic carbocycles. The van der Waals surface area contributed by atoms with Crippen molar-refractivity contribution in [1.82, 2.24) is 21.4 Å². The summed E-state index contributed by atoms with van der Waals surface area (Å²) < 4.78 is 27.7. The molecule has 0 aliphatic heterocycles. The Morgan fingerprint density at radius 1 is 0.946 bits per heavy atom. The number of hydroxylamine groups is 1. The zero-order chi connectivity index (χ0) is 27.6. The minimum Gasteiger partial charge on any atom is -0.378 e. The summed E-state index contributed by atoms with van der Waals surface area (Å²) in [5, 5.41) is 15.2. The van der Waals surface area contributed by atoms with E-state index >= 15 is 0 Å². The molecule has 0 aromatic heterocycles. The average Bonchev–Trinajstić information content (AvgIpc) is 2.89. The van der Waals surface area contributed by atoms with Crippen molar-refractivity contribution in [3.8, 4) is 23.7 Å². The van der Waals surface area contributed by atoms with Crippen molar-refractivity contribution in [2.24, 2.45) is 0 Å². The molecule has 2 rings (SSSR count). The van der Waals surface area contributed by atoms with E-state index in [1.54, 1.807) is 0 Å². The molecule has 0 spiro atoms. The molecule has 4 amide bonds. The second kappa shape index (κ2) is 12.9. The van der Waals surface area contributed by atoms with Crippen molar-refractivity contribution in [3.05, 3.63) is 65.2 Å². The van der Waals surface area contributed by atoms with Gasteiger partial charge in [-0.15, -0.1) is 0 Å². The number of anilines is 1. The number of halogens is 2. The first-order chi connectivity index (χ1) is 17.5. The van der Waals surface area contributed by atoms with Gasteiger partial charge in [0.1, 0.15) is 11.6 Å². The zero-order valence-corrected chi connectivity index (χ0v) is 20.6. The van der Waals surface area contributed by atoms with Crippen LogP contribution in [0.2, 0.25) is 0 Å². The standard InChI is InChI=1S/C26H27F2N5O4/c1-26(24(27)28,31-25(36)29-2)21(23(35)32-37)30-22(34)19-13-9-17(10-14-19)7-5-6-8-18-11-15-20(16-12-18)33(3)4/h9-16,21,24,37H,1-4H3,(H,30,34)(H,32,35)(H2,29,31,36)/t21-,26?/m1/s1. The Kier molecular flexibility index (Phi) is 9.99. The largest absolute Gasteiger partial charge is 0.378 e. The number of hydrogen-bond acceptors (Lipinski definition) is 5. The van der Waals surface area contributed by atoms with E-state index in [2.05, 4.69) is 34.3 Å². The Morgan fingerprint density at radius 2 is 1.46 bits per heavy atom. The molecule has 0 saturated carbocycles. The highest BCUT2D eigenvalue weighted by Gasteiger charge is 2.48. The maximum atomic E-state index is 13.9. The van der Waals surface area contributed by atoms with Gasteiger partial charge in [-0.1, -0.05) is 11.8 Å². The van der Waals surface area contributed by atoms with Crippen LogP contribution in [-0.2, 0) is 4.79 Å². The number of amides is 4. The lowest BCUT2D eigenvalue weighted by Crippen LogP contribution is -2.69. The Balaban J connectivity index is 2.16. The van der Waals surface area contributed by atoms with Crippen LogP contribution in [0.1, 0.15) is 28.4 Å². The van der Waals surface area contributed by atoms with Gasteiger partial charge in [0.2, 0.25) is 0 Å². The van der Waals surface area contributed by atoms with Gasteiger partial charge in [0.15, 0.2) is 0 Å². The smallest absolute Gasteiger partial charge is 0.315 e. The van der Waals surface area contributed by atoms with Gasteiger partial charge < -0.3 is 20.9 Å². The topological polar surface area (TPSA) is 123 Å². The summed E-state index contributed by atoms with van der Waals surface area (Å²) in [7, 11) is 5.08. The van der Waals surface area contributed by atoms with E-state index in [9.17, 15) is 23.2 Å². The number of alkyl halides is 2. The molecule has 37 heavy (non-hydrogen) atoms. The molecule has 194 valence electrons. The van der Waals surface area contributed by atoms with Gasteiger partial charge in [-0.05, 0) is 67.3 Å². The molecule has 0 aliphatic rings. The molecule has 9 nitrogen and oxygen atoms in total. The maximum absolute atomic E-state index is 13.9. The van der Waals surface area contributed by atoms with E-state index in [-0.39, 0.29) is 5.56 Å². The fourth-order valence-electron chi connectivity index (χ4n) is 3.08. The summed E-state index contributed by atoms with van der Waals surface area (Å²) in [6.07, 6.45) is -3.28. The molecule has 0 fully saturated rings. The first-order valence-electron chi connectivity index (χ1n) is 10.9. The number of nitrogens with zero attached hydrogens (tertiary/aromatic N) is 1. The van der Waals surface area contributed by atoms with E-state index in [0.717, 1.165) is 18.2 Å². The minimum absolute atomic E-state index is 0.0323. The Morgan fingerprint density at radius 3 is 1.89 bits per heavy atom. The first kappa shape index (κ1) is 28.6. The molecule has 0 radical (unpaired) electrons. The summed E-state index contributed by atoms with van der Waals surface area (Å²) in [5.74, 6) is 8.99. The van der Waals surface area contributed by atoms with Crippen LogP contribution in [0.5, 0.6) is 0 Å². The molecule has 11 heteroatoms. The molecule has 0 heterocycles. The highest BCUT2D eigenvalue weighted by molar-refractivity contribution is 5.98. The van der Waals surface area contributed by atoms with E-state index < -0.39 is 35.9 Å². The predicted octanol–water partition coefficient (Wildman–Crippen LogP) is 1.71. The van der Waals surface area contributed by atoms with Gasteiger partial charge in [0, 0.05) is 43.5 Å². The molecule has 0 saturated heterocycles. The number of urea groups is 1. The summed E-state index contributed by atoms with van der Waals surface area (Å²) in [5.41, 5.74) is 1.12. The number of hydrogen-bond donors (Lipinski definition) is 5. The molecule has 2 aromatic rings. The SMILES string of the molecule is CNC(=O)NC(C)(C(F)F)[C@H](NC(=O)c1ccc(C#CC#Cc2ccc(N(C)C)cc2)cc1)C(=O)NO. The summed E-state index contributed by atoms with van der Waals surface area (Å²) >= 11 is 0. The van der Waals surface area contributed by atoms with Crippen molar-refractivity contribution < 1.29 is 28.4 Å². The first-order valence-corrected chi connectivity index (χ1v) is 10.9. The van der Waals surface area contributed by atoms with Crippen molar-refractivity contribution >= 4 is 23.5 Å². The van der Waals surface area contributed by atoms with Crippen molar-refractivity contribution in [2.75, 3.05) is 26.0 Å². The molecule has 0 bridgehead atoms. The van der Waals surface area contributed by atoms with Crippen molar-refractivity contribution in [2.45, 2.75) is 24.9 Å². The normalized spacial score (nSPS) is 12.4. The van der Waals surface area contributed by atoms with Crippen LogP contribution in [0, 0.1) is 23.7 Å². The van der Waals surface area contributed by atoms with E-state index in [4.69, 9.17) is 5.21 Å². The maximum Gasteiger partial charge on any atom is 0.315 e. The van der Waals surface area contributed by atoms with Gasteiger partial charge >= 0.3 is 6.03 Å². The molecule has 2 aromatic carbocycles. The molecule has 5 N–H and O–H groups in total. The van der Waals surface area contributed by atoms with Gasteiger partial charge in [0.25, 0.3) is 18.2 Å². The Hall–Kier alpha value is -4.61. The zero-order valence-electron chi connectivity index (χ0n) is 20.6. The van der Waals surface area contributed by atoms with Crippen LogP contribution >= 0.6 is 0 Å². The average molecular weight is 512 g/mol.